The normalized spacial score (nSPS) is 13.2. The summed E-state index contributed by atoms with van der Waals surface area (Å²) in [7, 11) is 0. The Hall–Kier alpha value is -2.54. The van der Waals surface area contributed by atoms with E-state index in [2.05, 4.69) is 5.32 Å². The molecule has 2 N–H and O–H groups in total. The molecule has 0 fully saturated rings. The summed E-state index contributed by atoms with van der Waals surface area (Å²) in [5.41, 5.74) is 0.466. The maximum atomic E-state index is 12.8. The molecule has 0 saturated carbocycles. The van der Waals surface area contributed by atoms with Crippen LogP contribution in [0, 0.1) is 0 Å². The molecule has 0 radical (unpaired) electrons. The van der Waals surface area contributed by atoms with Gasteiger partial charge in [0.15, 0.2) is 0 Å². The molecule has 7 nitrogen and oxygen atoms in total. The Labute approximate surface area is 172 Å². The van der Waals surface area contributed by atoms with Crippen LogP contribution in [0.2, 0.25) is 0 Å². The van der Waals surface area contributed by atoms with Crippen LogP contribution < -0.4 is 5.32 Å². The molecule has 1 atom stereocenters. The number of benzene rings is 1. The van der Waals surface area contributed by atoms with Crippen LogP contribution in [0.3, 0.4) is 0 Å². The zero-order valence-corrected chi connectivity index (χ0v) is 18.1. The molecule has 0 unspecified atom stereocenters. The van der Waals surface area contributed by atoms with Crippen LogP contribution in [0.4, 0.5) is 4.79 Å². The molecule has 1 aromatic carbocycles. The minimum atomic E-state index is -0.905. The fourth-order valence-corrected chi connectivity index (χ4v) is 3.01. The van der Waals surface area contributed by atoms with Crippen LogP contribution in [0.5, 0.6) is 0 Å². The lowest BCUT2D eigenvalue weighted by Crippen LogP contribution is -2.47. The highest BCUT2D eigenvalue weighted by Crippen LogP contribution is 2.23. The maximum Gasteiger partial charge on any atom is 0.408 e. The molecule has 29 heavy (non-hydrogen) atoms. The van der Waals surface area contributed by atoms with E-state index in [-0.39, 0.29) is 13.0 Å². The quantitative estimate of drug-likeness (QED) is 0.720. The van der Waals surface area contributed by atoms with Crippen molar-refractivity contribution in [3.05, 3.63) is 36.0 Å². The van der Waals surface area contributed by atoms with E-state index in [1.165, 1.54) is 0 Å². The maximum absolute atomic E-state index is 12.8. The summed E-state index contributed by atoms with van der Waals surface area (Å²) in [6.07, 6.45) is 1.47. The van der Waals surface area contributed by atoms with Gasteiger partial charge in [-0.15, -0.1) is 0 Å². The van der Waals surface area contributed by atoms with Crippen molar-refractivity contribution >= 4 is 23.0 Å². The third-order valence-corrected chi connectivity index (χ3v) is 4.02. The van der Waals surface area contributed by atoms with E-state index >= 15 is 0 Å². The summed E-state index contributed by atoms with van der Waals surface area (Å²) in [5.74, 6) is -0.526. The minimum absolute atomic E-state index is 0.00374. The second kappa shape index (κ2) is 8.86. The van der Waals surface area contributed by atoms with Gasteiger partial charge in [0.25, 0.3) is 0 Å². The van der Waals surface area contributed by atoms with Crippen LogP contribution in [0.1, 0.15) is 47.1 Å². The number of aromatic nitrogens is 1. The second-order valence-electron chi connectivity index (χ2n) is 9.02. The van der Waals surface area contributed by atoms with E-state index in [1.807, 2.05) is 35.0 Å². The molecule has 0 spiro atoms. The van der Waals surface area contributed by atoms with Gasteiger partial charge < -0.3 is 24.5 Å². The molecule has 1 aromatic heterocycles. The van der Waals surface area contributed by atoms with Crippen molar-refractivity contribution in [2.24, 2.45) is 0 Å². The van der Waals surface area contributed by atoms with Gasteiger partial charge in [0.05, 0.1) is 6.61 Å². The third-order valence-electron chi connectivity index (χ3n) is 4.02. The second-order valence-corrected chi connectivity index (χ2v) is 9.02. The third kappa shape index (κ3) is 6.78. The molecule has 160 valence electrons. The van der Waals surface area contributed by atoms with Gasteiger partial charge in [-0.2, -0.15) is 0 Å². The van der Waals surface area contributed by atoms with E-state index in [0.29, 0.717) is 6.54 Å². The number of aliphatic hydroxyl groups excluding tert-OH is 1. The minimum Gasteiger partial charge on any atom is -0.458 e. The van der Waals surface area contributed by atoms with Crippen molar-refractivity contribution in [3.63, 3.8) is 0 Å². The molecule has 2 rings (SSSR count). The highest BCUT2D eigenvalue weighted by molar-refractivity contribution is 5.86. The Morgan fingerprint density at radius 2 is 1.69 bits per heavy atom. The molecule has 0 aliphatic rings. The first-order valence-corrected chi connectivity index (χ1v) is 9.79. The summed E-state index contributed by atoms with van der Waals surface area (Å²) < 4.78 is 12.8. The van der Waals surface area contributed by atoms with Crippen LogP contribution in [0.25, 0.3) is 10.9 Å². The molecular weight excluding hydrogens is 372 g/mol. The molecular formula is C22H32N2O5. The number of rotatable bonds is 6. The van der Waals surface area contributed by atoms with E-state index in [1.54, 1.807) is 41.5 Å². The average molecular weight is 405 g/mol. The van der Waals surface area contributed by atoms with Gasteiger partial charge >= 0.3 is 12.1 Å². The number of nitrogens with zero attached hydrogens (tertiary/aromatic N) is 1. The Bertz CT molecular complexity index is 858. The highest BCUT2D eigenvalue weighted by Gasteiger charge is 2.29. The van der Waals surface area contributed by atoms with Gasteiger partial charge in [0.2, 0.25) is 0 Å². The molecule has 7 heteroatoms. The molecule has 1 amide bonds. The zero-order chi connectivity index (χ0) is 21.8. The first kappa shape index (κ1) is 22.7. The summed E-state index contributed by atoms with van der Waals surface area (Å²) in [4.78, 5) is 25.1. The van der Waals surface area contributed by atoms with E-state index in [0.717, 1.165) is 16.5 Å². The SMILES string of the molecule is CC(C)(C)OC(=O)N[C@@H](Cc1cn(CCO)c2ccccc12)C(=O)OC(C)(C)C. The molecule has 0 bridgehead atoms. The molecule has 2 aromatic rings. The summed E-state index contributed by atoms with van der Waals surface area (Å²) in [6.45, 7) is 11.1. The first-order chi connectivity index (χ1) is 13.4. The van der Waals surface area contributed by atoms with Crippen LogP contribution in [0.15, 0.2) is 30.5 Å². The summed E-state index contributed by atoms with van der Waals surface area (Å²) in [5, 5.41) is 13.0. The van der Waals surface area contributed by atoms with E-state index in [9.17, 15) is 14.7 Å². The highest BCUT2D eigenvalue weighted by atomic mass is 16.6. The Balaban J connectivity index is 2.33. The molecule has 0 aliphatic carbocycles. The Kier molecular flexibility index (Phi) is 6.95. The van der Waals surface area contributed by atoms with Gasteiger partial charge in [0, 0.05) is 30.1 Å². The fourth-order valence-electron chi connectivity index (χ4n) is 3.01. The molecule has 1 heterocycles. The Morgan fingerprint density at radius 1 is 1.07 bits per heavy atom. The Morgan fingerprint density at radius 3 is 2.28 bits per heavy atom. The van der Waals surface area contributed by atoms with Gasteiger partial charge in [0.1, 0.15) is 17.2 Å². The number of ether oxygens (including phenoxy) is 2. The standard InChI is InChI=1S/C22H32N2O5/c1-21(2,3)28-19(26)17(23-20(27)29-22(4,5)6)13-15-14-24(11-12-25)18-10-8-7-9-16(15)18/h7-10,14,17,25H,11-13H2,1-6H3,(H,23,27)/t17-/m0/s1. The number of para-hydroxylation sites is 1. The lowest BCUT2D eigenvalue weighted by molar-refractivity contribution is -0.157. The van der Waals surface area contributed by atoms with Crippen molar-refractivity contribution in [3.8, 4) is 0 Å². The van der Waals surface area contributed by atoms with Gasteiger partial charge in [-0.1, -0.05) is 18.2 Å². The van der Waals surface area contributed by atoms with Gasteiger partial charge in [-0.25, -0.2) is 9.59 Å². The van der Waals surface area contributed by atoms with Crippen molar-refractivity contribution < 1.29 is 24.2 Å². The van der Waals surface area contributed by atoms with Crippen molar-refractivity contribution in [2.45, 2.75) is 71.8 Å². The molecule has 0 saturated heterocycles. The predicted molar refractivity (Wildman–Crippen MR) is 112 cm³/mol. The number of aliphatic hydroxyl groups is 1. The van der Waals surface area contributed by atoms with Crippen molar-refractivity contribution in [1.82, 2.24) is 9.88 Å². The van der Waals surface area contributed by atoms with Crippen LogP contribution >= 0.6 is 0 Å². The fraction of sp³-hybridized carbons (Fsp3) is 0.545. The number of hydrogen-bond acceptors (Lipinski definition) is 5. The number of carbonyl (C=O) groups excluding carboxylic acids is 2. The van der Waals surface area contributed by atoms with Crippen LogP contribution in [-0.4, -0.2) is 45.6 Å². The summed E-state index contributed by atoms with van der Waals surface area (Å²) in [6, 6.07) is 6.84. The predicted octanol–water partition coefficient (Wildman–Crippen LogP) is 3.41. The summed E-state index contributed by atoms with van der Waals surface area (Å²) >= 11 is 0. The van der Waals surface area contributed by atoms with Crippen molar-refractivity contribution in [2.75, 3.05) is 6.61 Å². The first-order valence-electron chi connectivity index (χ1n) is 9.79. The van der Waals surface area contributed by atoms with Crippen LogP contribution in [-0.2, 0) is 27.2 Å². The average Bonchev–Trinajstić information content (AvgIpc) is 2.89. The lowest BCUT2D eigenvalue weighted by Gasteiger charge is -2.26. The van der Waals surface area contributed by atoms with E-state index < -0.39 is 29.3 Å². The number of carbonyl (C=O) groups is 2. The number of hydrogen-bond donors (Lipinski definition) is 2. The number of nitrogens with one attached hydrogen (secondary N) is 1. The number of amides is 1. The number of fused-ring (bicyclic) bond motifs is 1. The lowest BCUT2D eigenvalue weighted by atomic mass is 10.0. The van der Waals surface area contributed by atoms with Crippen molar-refractivity contribution in [1.29, 1.82) is 0 Å². The zero-order valence-electron chi connectivity index (χ0n) is 18.1. The number of alkyl carbamates (subject to hydrolysis) is 1. The number of esters is 1. The largest absolute Gasteiger partial charge is 0.458 e. The van der Waals surface area contributed by atoms with Gasteiger partial charge in [-0.3, -0.25) is 0 Å². The smallest absolute Gasteiger partial charge is 0.408 e. The van der Waals surface area contributed by atoms with E-state index in [4.69, 9.17) is 9.47 Å². The van der Waals surface area contributed by atoms with Gasteiger partial charge in [-0.05, 0) is 53.2 Å². The molecule has 0 aliphatic heterocycles. The topological polar surface area (TPSA) is 89.8 Å². The monoisotopic (exact) mass is 404 g/mol.